The van der Waals surface area contributed by atoms with Crippen LogP contribution < -0.4 is 10.6 Å². The molecule has 0 aliphatic carbocycles. The molecule has 100 valence electrons. The van der Waals surface area contributed by atoms with Gasteiger partial charge in [-0.1, -0.05) is 6.07 Å². The monoisotopic (exact) mass is 265 g/mol. The predicted octanol–water partition coefficient (Wildman–Crippen LogP) is 1.68. The van der Waals surface area contributed by atoms with Crippen molar-refractivity contribution in [3.05, 3.63) is 29.6 Å². The molecule has 19 heavy (non-hydrogen) atoms. The van der Waals surface area contributed by atoms with Crippen LogP contribution in [0.3, 0.4) is 0 Å². The number of carbonyl (C=O) groups excluding carboxylic acids is 1. The molecule has 0 aliphatic heterocycles. The van der Waals surface area contributed by atoms with Crippen LogP contribution in [0.15, 0.2) is 18.2 Å². The number of rotatable bonds is 3. The maximum Gasteiger partial charge on any atom is 0.328 e. The molecule has 1 aromatic carbocycles. The molecule has 0 saturated carbocycles. The summed E-state index contributed by atoms with van der Waals surface area (Å²) in [7, 11) is 0. The van der Waals surface area contributed by atoms with Crippen LogP contribution in [0.4, 0.5) is 14.9 Å². The van der Waals surface area contributed by atoms with Crippen LogP contribution in [0, 0.1) is 17.1 Å². The Hall–Kier alpha value is -2.62. The summed E-state index contributed by atoms with van der Waals surface area (Å²) in [5, 5.41) is 22.1. The number of amides is 2. The fourth-order valence-corrected chi connectivity index (χ4v) is 1.23. The molecule has 7 heteroatoms. The van der Waals surface area contributed by atoms with E-state index in [4.69, 9.17) is 10.4 Å². The number of benzene rings is 1. The van der Waals surface area contributed by atoms with E-state index in [-0.39, 0.29) is 11.3 Å². The van der Waals surface area contributed by atoms with Gasteiger partial charge in [-0.3, -0.25) is 0 Å². The molecule has 0 spiro atoms. The zero-order chi connectivity index (χ0) is 14.6. The molecule has 0 aromatic heterocycles. The number of aliphatic carboxylic acids is 1. The van der Waals surface area contributed by atoms with E-state index in [1.807, 2.05) is 0 Å². The molecule has 0 heterocycles. The lowest BCUT2D eigenvalue weighted by Gasteiger charge is -2.21. The third-order valence-corrected chi connectivity index (χ3v) is 2.33. The van der Waals surface area contributed by atoms with Crippen LogP contribution in [-0.2, 0) is 4.79 Å². The van der Waals surface area contributed by atoms with Crippen LogP contribution in [0.25, 0.3) is 0 Å². The normalized spacial score (nSPS) is 10.4. The Bertz CT molecular complexity index is 564. The van der Waals surface area contributed by atoms with Gasteiger partial charge in [-0.2, -0.15) is 5.26 Å². The Morgan fingerprint density at radius 3 is 2.58 bits per heavy atom. The minimum absolute atomic E-state index is 0.0267. The van der Waals surface area contributed by atoms with E-state index in [2.05, 4.69) is 10.6 Å². The van der Waals surface area contributed by atoms with Crippen LogP contribution in [0.2, 0.25) is 0 Å². The Balaban J connectivity index is 2.88. The van der Waals surface area contributed by atoms with E-state index in [1.165, 1.54) is 26.0 Å². The number of hydrogen-bond acceptors (Lipinski definition) is 3. The Labute approximate surface area is 108 Å². The molecule has 3 N–H and O–H groups in total. The summed E-state index contributed by atoms with van der Waals surface area (Å²) in [6.07, 6.45) is 0. The highest BCUT2D eigenvalue weighted by atomic mass is 19.1. The van der Waals surface area contributed by atoms with Crippen molar-refractivity contribution in [3.63, 3.8) is 0 Å². The van der Waals surface area contributed by atoms with Crippen LogP contribution in [0.1, 0.15) is 19.4 Å². The smallest absolute Gasteiger partial charge is 0.328 e. The molecule has 6 nitrogen and oxygen atoms in total. The van der Waals surface area contributed by atoms with Gasteiger partial charge in [0.1, 0.15) is 23.0 Å². The van der Waals surface area contributed by atoms with Crippen LogP contribution in [-0.4, -0.2) is 22.6 Å². The Kier molecular flexibility index (Phi) is 4.07. The fraction of sp³-hybridized carbons (Fsp3) is 0.250. The van der Waals surface area contributed by atoms with E-state index < -0.39 is 23.4 Å². The minimum Gasteiger partial charge on any atom is -0.480 e. The Morgan fingerprint density at radius 1 is 1.42 bits per heavy atom. The molecule has 2 amide bonds. The number of carbonyl (C=O) groups is 2. The van der Waals surface area contributed by atoms with E-state index in [0.29, 0.717) is 0 Å². The predicted molar refractivity (Wildman–Crippen MR) is 65.0 cm³/mol. The van der Waals surface area contributed by atoms with E-state index in [0.717, 1.165) is 6.07 Å². The zero-order valence-electron chi connectivity index (χ0n) is 10.3. The molecule has 0 radical (unpaired) electrons. The number of nitriles is 1. The first kappa shape index (κ1) is 14.4. The first-order valence-corrected chi connectivity index (χ1v) is 5.29. The number of urea groups is 1. The second-order valence-corrected chi connectivity index (χ2v) is 4.28. The fourth-order valence-electron chi connectivity index (χ4n) is 1.23. The molecule has 1 aromatic rings. The topological polar surface area (TPSA) is 102 Å². The largest absolute Gasteiger partial charge is 0.480 e. The molecule has 0 fully saturated rings. The maximum atomic E-state index is 13.3. The number of halogens is 1. The minimum atomic E-state index is -1.48. The van der Waals surface area contributed by atoms with Gasteiger partial charge < -0.3 is 15.7 Å². The maximum absolute atomic E-state index is 13.3. The number of nitrogens with zero attached hydrogens (tertiary/aromatic N) is 1. The van der Waals surface area contributed by atoms with Crippen molar-refractivity contribution in [2.45, 2.75) is 19.4 Å². The second kappa shape index (κ2) is 5.35. The quantitative estimate of drug-likeness (QED) is 0.773. The van der Waals surface area contributed by atoms with Crippen molar-refractivity contribution in [1.82, 2.24) is 5.32 Å². The zero-order valence-corrected chi connectivity index (χ0v) is 10.3. The van der Waals surface area contributed by atoms with E-state index in [9.17, 15) is 14.0 Å². The van der Waals surface area contributed by atoms with E-state index in [1.54, 1.807) is 6.07 Å². The van der Waals surface area contributed by atoms with Gasteiger partial charge in [0.25, 0.3) is 0 Å². The van der Waals surface area contributed by atoms with Crippen molar-refractivity contribution in [2.24, 2.45) is 0 Å². The molecule has 0 unspecified atom stereocenters. The van der Waals surface area contributed by atoms with Gasteiger partial charge >= 0.3 is 12.0 Å². The van der Waals surface area contributed by atoms with Crippen LogP contribution in [0.5, 0.6) is 0 Å². The third kappa shape index (κ3) is 3.42. The lowest BCUT2D eigenvalue weighted by Crippen LogP contribution is -2.51. The standard InChI is InChI=1S/C12H12FN3O3/c1-12(2,10(17)18)16-11(19)15-9-5-3-4-8(13)7(9)6-14/h3-5H,1-2H3,(H,17,18)(H2,15,16,19). The molecular weight excluding hydrogens is 253 g/mol. The number of carboxylic acid groups (broad SMARTS) is 1. The highest BCUT2D eigenvalue weighted by molar-refractivity contribution is 5.94. The SMILES string of the molecule is CC(C)(NC(=O)Nc1cccc(F)c1C#N)C(=O)O. The summed E-state index contributed by atoms with van der Waals surface area (Å²) in [6, 6.07) is 4.54. The third-order valence-electron chi connectivity index (χ3n) is 2.33. The average Bonchev–Trinajstić information content (AvgIpc) is 2.28. The first-order valence-electron chi connectivity index (χ1n) is 5.29. The number of nitrogens with one attached hydrogen (secondary N) is 2. The number of carboxylic acids is 1. The summed E-state index contributed by atoms with van der Waals surface area (Å²) < 4.78 is 13.3. The van der Waals surface area contributed by atoms with Crippen molar-refractivity contribution in [3.8, 4) is 6.07 Å². The summed E-state index contributed by atoms with van der Waals surface area (Å²) in [5.74, 6) is -1.99. The molecule has 0 bridgehead atoms. The molecule has 0 atom stereocenters. The van der Waals surface area contributed by atoms with Gasteiger partial charge in [0.05, 0.1) is 5.69 Å². The highest BCUT2D eigenvalue weighted by Crippen LogP contribution is 2.17. The van der Waals surface area contributed by atoms with Gasteiger partial charge in [0, 0.05) is 0 Å². The summed E-state index contributed by atoms with van der Waals surface area (Å²) in [5.41, 5.74) is -1.82. The summed E-state index contributed by atoms with van der Waals surface area (Å²) in [6.45, 7) is 2.59. The summed E-state index contributed by atoms with van der Waals surface area (Å²) >= 11 is 0. The van der Waals surface area contributed by atoms with Gasteiger partial charge in [-0.25, -0.2) is 14.0 Å². The van der Waals surface area contributed by atoms with Crippen LogP contribution >= 0.6 is 0 Å². The van der Waals surface area contributed by atoms with Gasteiger partial charge in [0.15, 0.2) is 0 Å². The molecule has 0 aliphatic rings. The lowest BCUT2D eigenvalue weighted by molar-refractivity contribution is -0.142. The van der Waals surface area contributed by atoms with Crippen molar-refractivity contribution in [2.75, 3.05) is 5.32 Å². The van der Waals surface area contributed by atoms with Gasteiger partial charge in [0.2, 0.25) is 0 Å². The Morgan fingerprint density at radius 2 is 2.05 bits per heavy atom. The van der Waals surface area contributed by atoms with E-state index >= 15 is 0 Å². The number of hydrogen-bond donors (Lipinski definition) is 3. The average molecular weight is 265 g/mol. The first-order chi connectivity index (χ1) is 8.77. The number of anilines is 1. The van der Waals surface area contributed by atoms with Crippen molar-refractivity contribution >= 4 is 17.7 Å². The molecule has 1 rings (SSSR count). The van der Waals surface area contributed by atoms with Gasteiger partial charge in [-0.05, 0) is 26.0 Å². The lowest BCUT2D eigenvalue weighted by atomic mass is 10.1. The second-order valence-electron chi connectivity index (χ2n) is 4.28. The van der Waals surface area contributed by atoms with Gasteiger partial charge in [-0.15, -0.1) is 0 Å². The summed E-state index contributed by atoms with van der Waals surface area (Å²) in [4.78, 5) is 22.4. The van der Waals surface area contributed by atoms with Crippen molar-refractivity contribution < 1.29 is 19.1 Å². The molecule has 0 saturated heterocycles. The van der Waals surface area contributed by atoms with Crippen molar-refractivity contribution in [1.29, 1.82) is 5.26 Å². The highest BCUT2D eigenvalue weighted by Gasteiger charge is 2.29. The molecular formula is C12H12FN3O3.